The Bertz CT molecular complexity index is 303. The third kappa shape index (κ3) is 1.95. The van der Waals surface area contributed by atoms with E-state index >= 15 is 0 Å². The molecule has 1 aliphatic rings. The van der Waals surface area contributed by atoms with Gasteiger partial charge in [-0.25, -0.2) is 0 Å². The van der Waals surface area contributed by atoms with E-state index in [0.29, 0.717) is 12.3 Å². The fraction of sp³-hybridized carbons (Fsp3) is 0.800. The van der Waals surface area contributed by atoms with Crippen molar-refractivity contribution in [1.29, 1.82) is 0 Å². The molecule has 0 aromatic carbocycles. The van der Waals surface area contributed by atoms with E-state index in [1.165, 1.54) is 0 Å². The lowest BCUT2D eigenvalue weighted by Gasteiger charge is -2.18. The average molecular weight is 196 g/mol. The van der Waals surface area contributed by atoms with Crippen LogP contribution in [0.25, 0.3) is 0 Å². The number of hydrogen-bond acceptors (Lipinski definition) is 4. The number of aromatic nitrogens is 2. The third-order valence-electron chi connectivity index (χ3n) is 2.84. The first-order valence-electron chi connectivity index (χ1n) is 5.26. The van der Waals surface area contributed by atoms with Crippen LogP contribution in [0.15, 0.2) is 4.52 Å². The summed E-state index contributed by atoms with van der Waals surface area (Å²) in [5, 5.41) is 13.9. The maximum atomic E-state index is 10.1. The first-order chi connectivity index (χ1) is 6.72. The number of rotatable bonds is 3. The van der Waals surface area contributed by atoms with E-state index in [9.17, 15) is 5.11 Å². The minimum atomic E-state index is -0.586. The molecule has 0 saturated heterocycles. The molecule has 0 bridgehead atoms. The highest BCUT2D eigenvalue weighted by atomic mass is 16.5. The van der Waals surface area contributed by atoms with Gasteiger partial charge in [0.2, 0.25) is 5.89 Å². The second kappa shape index (κ2) is 3.69. The first kappa shape index (κ1) is 9.65. The number of hydrogen-bond donors (Lipinski definition) is 1. The highest BCUT2D eigenvalue weighted by molar-refractivity contribution is 4.95. The van der Waals surface area contributed by atoms with Crippen LogP contribution < -0.4 is 0 Å². The fourth-order valence-electron chi connectivity index (χ4n) is 2.00. The second-order valence-electron chi connectivity index (χ2n) is 4.07. The minimum Gasteiger partial charge on any atom is -0.389 e. The van der Waals surface area contributed by atoms with Crippen molar-refractivity contribution in [1.82, 2.24) is 10.1 Å². The fourth-order valence-corrected chi connectivity index (χ4v) is 2.00. The van der Waals surface area contributed by atoms with Crippen molar-refractivity contribution in [2.24, 2.45) is 0 Å². The van der Waals surface area contributed by atoms with Crippen LogP contribution in [-0.2, 0) is 12.8 Å². The molecule has 1 heterocycles. The van der Waals surface area contributed by atoms with Crippen molar-refractivity contribution in [3.8, 4) is 0 Å². The first-order valence-corrected chi connectivity index (χ1v) is 5.26. The Balaban J connectivity index is 2.02. The summed E-state index contributed by atoms with van der Waals surface area (Å²) in [7, 11) is 0. The summed E-state index contributed by atoms with van der Waals surface area (Å²) in [4.78, 5) is 4.20. The molecule has 1 N–H and O–H groups in total. The lowest BCUT2D eigenvalue weighted by atomic mass is 9.98. The summed E-state index contributed by atoms with van der Waals surface area (Å²) in [6.07, 6.45) is 5.21. The Morgan fingerprint density at radius 2 is 2.14 bits per heavy atom. The van der Waals surface area contributed by atoms with Gasteiger partial charge in [0, 0.05) is 6.42 Å². The van der Waals surface area contributed by atoms with Crippen LogP contribution in [0.5, 0.6) is 0 Å². The zero-order chi connectivity index (χ0) is 10.0. The number of aliphatic hydroxyl groups is 1. The topological polar surface area (TPSA) is 59.2 Å². The van der Waals surface area contributed by atoms with E-state index < -0.39 is 5.60 Å². The van der Waals surface area contributed by atoms with Gasteiger partial charge < -0.3 is 9.63 Å². The summed E-state index contributed by atoms with van der Waals surface area (Å²) < 4.78 is 5.06. The second-order valence-corrected chi connectivity index (χ2v) is 4.07. The summed E-state index contributed by atoms with van der Waals surface area (Å²) in [6, 6.07) is 0. The average Bonchev–Trinajstić information content (AvgIpc) is 2.75. The quantitative estimate of drug-likeness (QED) is 0.795. The lowest BCUT2D eigenvalue weighted by Crippen LogP contribution is -2.27. The lowest BCUT2D eigenvalue weighted by molar-refractivity contribution is 0.0402. The zero-order valence-electron chi connectivity index (χ0n) is 8.49. The van der Waals surface area contributed by atoms with Crippen LogP contribution >= 0.6 is 0 Å². The minimum absolute atomic E-state index is 0.514. The Kier molecular flexibility index (Phi) is 2.54. The van der Waals surface area contributed by atoms with Crippen LogP contribution in [-0.4, -0.2) is 20.8 Å². The largest absolute Gasteiger partial charge is 0.389 e. The Hall–Kier alpha value is -0.900. The molecule has 4 nitrogen and oxygen atoms in total. The van der Waals surface area contributed by atoms with Crippen LogP contribution in [0.4, 0.5) is 0 Å². The van der Waals surface area contributed by atoms with Gasteiger partial charge in [-0.2, -0.15) is 4.98 Å². The molecule has 1 aromatic rings. The van der Waals surface area contributed by atoms with Crippen molar-refractivity contribution in [3.63, 3.8) is 0 Å². The molecule has 4 heteroatoms. The van der Waals surface area contributed by atoms with E-state index in [4.69, 9.17) is 4.52 Å². The van der Waals surface area contributed by atoms with Crippen LogP contribution in [0.2, 0.25) is 0 Å². The number of nitrogens with zero attached hydrogens (tertiary/aromatic N) is 2. The molecular weight excluding hydrogens is 180 g/mol. The molecule has 2 rings (SSSR count). The van der Waals surface area contributed by atoms with Gasteiger partial charge in [0.25, 0.3) is 0 Å². The van der Waals surface area contributed by atoms with E-state index in [-0.39, 0.29) is 0 Å². The molecule has 1 fully saturated rings. The third-order valence-corrected chi connectivity index (χ3v) is 2.84. The van der Waals surface area contributed by atoms with Gasteiger partial charge in [0.05, 0.1) is 12.0 Å². The van der Waals surface area contributed by atoms with Crippen molar-refractivity contribution >= 4 is 0 Å². The maximum Gasteiger partial charge on any atom is 0.229 e. The van der Waals surface area contributed by atoms with Gasteiger partial charge in [-0.1, -0.05) is 24.9 Å². The molecule has 1 saturated carbocycles. The normalized spacial score (nSPS) is 20.1. The Morgan fingerprint density at radius 3 is 2.71 bits per heavy atom. The monoisotopic (exact) mass is 196 g/mol. The highest BCUT2D eigenvalue weighted by Crippen LogP contribution is 2.32. The molecule has 0 aliphatic heterocycles. The highest BCUT2D eigenvalue weighted by Gasteiger charge is 2.33. The summed E-state index contributed by atoms with van der Waals surface area (Å²) >= 11 is 0. The molecule has 0 radical (unpaired) electrons. The molecule has 1 aromatic heterocycles. The van der Waals surface area contributed by atoms with Crippen molar-refractivity contribution in [2.75, 3.05) is 0 Å². The van der Waals surface area contributed by atoms with E-state index in [2.05, 4.69) is 10.1 Å². The molecule has 0 atom stereocenters. The van der Waals surface area contributed by atoms with Gasteiger partial charge in [-0.15, -0.1) is 0 Å². The smallest absolute Gasteiger partial charge is 0.229 e. The Labute approximate surface area is 83.3 Å². The maximum absolute atomic E-state index is 10.1. The van der Waals surface area contributed by atoms with Gasteiger partial charge >= 0.3 is 0 Å². The predicted octanol–water partition coefficient (Wildman–Crippen LogP) is 1.48. The van der Waals surface area contributed by atoms with Gasteiger partial charge in [0.1, 0.15) is 0 Å². The Morgan fingerprint density at radius 1 is 1.43 bits per heavy atom. The van der Waals surface area contributed by atoms with Crippen LogP contribution in [0.1, 0.15) is 44.3 Å². The molecule has 78 valence electrons. The van der Waals surface area contributed by atoms with E-state index in [1.807, 2.05) is 6.92 Å². The molecule has 0 spiro atoms. The molecule has 1 aliphatic carbocycles. The van der Waals surface area contributed by atoms with Gasteiger partial charge in [0.15, 0.2) is 5.82 Å². The van der Waals surface area contributed by atoms with E-state index in [0.717, 1.165) is 37.9 Å². The van der Waals surface area contributed by atoms with Crippen LogP contribution in [0, 0.1) is 0 Å². The van der Waals surface area contributed by atoms with Crippen LogP contribution in [0.3, 0.4) is 0 Å². The zero-order valence-corrected chi connectivity index (χ0v) is 8.49. The standard InChI is InChI=1S/C10H16N2O2/c1-2-8-11-9(14-12-8)7-10(13)5-3-4-6-10/h13H,2-7H2,1H3. The van der Waals surface area contributed by atoms with Crippen molar-refractivity contribution in [2.45, 2.75) is 51.0 Å². The summed E-state index contributed by atoms with van der Waals surface area (Å²) in [5.74, 6) is 1.30. The summed E-state index contributed by atoms with van der Waals surface area (Å²) in [6.45, 7) is 1.99. The molecule has 14 heavy (non-hydrogen) atoms. The number of aryl methyl sites for hydroxylation is 1. The predicted molar refractivity (Wildman–Crippen MR) is 50.8 cm³/mol. The van der Waals surface area contributed by atoms with Gasteiger partial charge in [-0.3, -0.25) is 0 Å². The van der Waals surface area contributed by atoms with Crippen molar-refractivity contribution < 1.29 is 9.63 Å². The van der Waals surface area contributed by atoms with E-state index in [1.54, 1.807) is 0 Å². The molecular formula is C10H16N2O2. The summed E-state index contributed by atoms with van der Waals surface area (Å²) in [5.41, 5.74) is -0.586. The van der Waals surface area contributed by atoms with Crippen molar-refractivity contribution in [3.05, 3.63) is 11.7 Å². The molecule has 0 unspecified atom stereocenters. The molecule has 0 amide bonds. The van der Waals surface area contributed by atoms with Gasteiger partial charge in [-0.05, 0) is 12.8 Å². The SMILES string of the molecule is CCc1noc(CC2(O)CCCC2)n1.